The molecule has 1 aliphatic rings. The smallest absolute Gasteiger partial charge is 0.321 e. The quantitative estimate of drug-likeness (QED) is 0.731. The topological polar surface area (TPSA) is 54.5 Å². The molecule has 0 unspecified atom stereocenters. The highest BCUT2D eigenvalue weighted by Gasteiger charge is 2.24. The van der Waals surface area contributed by atoms with Gasteiger partial charge in [-0.15, -0.1) is 0 Å². The van der Waals surface area contributed by atoms with Crippen molar-refractivity contribution in [2.75, 3.05) is 18.4 Å². The average Bonchev–Trinajstić information content (AvgIpc) is 3.06. The molecule has 1 fully saturated rings. The van der Waals surface area contributed by atoms with E-state index in [0.29, 0.717) is 18.3 Å². The van der Waals surface area contributed by atoms with Crippen molar-refractivity contribution >= 4 is 33.3 Å². The lowest BCUT2D eigenvalue weighted by atomic mass is 10.1. The van der Waals surface area contributed by atoms with Crippen LogP contribution in [0.25, 0.3) is 10.2 Å². The molecule has 0 aliphatic carbocycles. The number of hydrogen-bond donors (Lipinski definition) is 1. The van der Waals surface area contributed by atoms with Gasteiger partial charge in [-0.1, -0.05) is 41.2 Å². The van der Waals surface area contributed by atoms with E-state index in [0.717, 1.165) is 28.7 Å². The van der Waals surface area contributed by atoms with Gasteiger partial charge in [-0.05, 0) is 31.2 Å². The number of piperidine rings is 1. The Morgan fingerprint density at radius 2 is 1.88 bits per heavy atom. The molecule has 2 amide bonds. The molecule has 26 heavy (non-hydrogen) atoms. The van der Waals surface area contributed by atoms with E-state index in [1.165, 1.54) is 5.56 Å². The highest BCUT2D eigenvalue weighted by Crippen LogP contribution is 2.29. The minimum atomic E-state index is -0.0488. The van der Waals surface area contributed by atoms with E-state index in [4.69, 9.17) is 4.74 Å². The minimum absolute atomic E-state index is 0.0488. The molecule has 0 atom stereocenters. The Hall–Kier alpha value is -2.60. The summed E-state index contributed by atoms with van der Waals surface area (Å²) in [6, 6.07) is 15.8. The first-order chi connectivity index (χ1) is 12.7. The fourth-order valence-electron chi connectivity index (χ4n) is 3.06. The van der Waals surface area contributed by atoms with Gasteiger partial charge < -0.3 is 15.0 Å². The summed E-state index contributed by atoms with van der Waals surface area (Å²) in [5, 5.41) is 3.67. The molecule has 0 radical (unpaired) electrons. The molecule has 5 nitrogen and oxygen atoms in total. The SMILES string of the molecule is Cc1ccc(NC(=O)N2CCC(Oc3nc4ccccc4s3)CC2)cc1. The number of nitrogens with zero attached hydrogens (tertiary/aromatic N) is 2. The molecule has 0 saturated carbocycles. The monoisotopic (exact) mass is 367 g/mol. The van der Waals surface area contributed by atoms with Crippen LogP contribution in [0.4, 0.5) is 10.5 Å². The van der Waals surface area contributed by atoms with Crippen LogP contribution < -0.4 is 10.1 Å². The molecule has 1 N–H and O–H groups in total. The Morgan fingerprint density at radius 1 is 1.15 bits per heavy atom. The van der Waals surface area contributed by atoms with Crippen LogP contribution >= 0.6 is 11.3 Å². The molecular formula is C20H21N3O2S. The average molecular weight is 367 g/mol. The lowest BCUT2D eigenvalue weighted by Crippen LogP contribution is -2.43. The number of fused-ring (bicyclic) bond motifs is 1. The largest absolute Gasteiger partial charge is 0.467 e. The number of hydrogen-bond acceptors (Lipinski definition) is 4. The van der Waals surface area contributed by atoms with Gasteiger partial charge in [0.15, 0.2) is 0 Å². The summed E-state index contributed by atoms with van der Waals surface area (Å²) in [6.07, 6.45) is 1.74. The Bertz CT molecular complexity index is 866. The van der Waals surface area contributed by atoms with Gasteiger partial charge in [-0.2, -0.15) is 0 Å². The Morgan fingerprint density at radius 3 is 2.62 bits per heavy atom. The maximum Gasteiger partial charge on any atom is 0.321 e. The van der Waals surface area contributed by atoms with Crippen LogP contribution in [0.3, 0.4) is 0 Å². The number of amides is 2. The minimum Gasteiger partial charge on any atom is -0.467 e. The number of aromatic nitrogens is 1. The number of para-hydroxylation sites is 1. The van der Waals surface area contributed by atoms with E-state index in [-0.39, 0.29) is 12.1 Å². The molecule has 1 saturated heterocycles. The number of ether oxygens (including phenoxy) is 1. The lowest BCUT2D eigenvalue weighted by Gasteiger charge is -2.31. The normalized spacial score (nSPS) is 15.2. The molecule has 2 aromatic carbocycles. The van der Waals surface area contributed by atoms with Crippen LogP contribution in [0, 0.1) is 6.92 Å². The highest BCUT2D eigenvalue weighted by atomic mass is 32.1. The fourth-order valence-corrected chi connectivity index (χ4v) is 3.94. The van der Waals surface area contributed by atoms with Crippen molar-refractivity contribution in [1.82, 2.24) is 9.88 Å². The second kappa shape index (κ2) is 7.33. The van der Waals surface area contributed by atoms with Gasteiger partial charge >= 0.3 is 6.03 Å². The van der Waals surface area contributed by atoms with Crippen molar-refractivity contribution in [3.8, 4) is 5.19 Å². The molecule has 0 spiro atoms. The second-order valence-electron chi connectivity index (χ2n) is 6.55. The second-order valence-corrected chi connectivity index (χ2v) is 7.54. The van der Waals surface area contributed by atoms with Crippen molar-refractivity contribution in [2.24, 2.45) is 0 Å². The zero-order chi connectivity index (χ0) is 17.9. The van der Waals surface area contributed by atoms with E-state index in [1.807, 2.05) is 54.3 Å². The third-order valence-corrected chi connectivity index (χ3v) is 5.50. The van der Waals surface area contributed by atoms with Crippen molar-refractivity contribution in [2.45, 2.75) is 25.9 Å². The fraction of sp³-hybridized carbons (Fsp3) is 0.300. The zero-order valence-corrected chi connectivity index (χ0v) is 15.5. The Balaban J connectivity index is 1.30. The van der Waals surface area contributed by atoms with Crippen LogP contribution in [0.1, 0.15) is 18.4 Å². The molecule has 6 heteroatoms. The number of benzene rings is 2. The number of nitrogens with one attached hydrogen (secondary N) is 1. The predicted octanol–water partition coefficient (Wildman–Crippen LogP) is 4.68. The van der Waals surface area contributed by atoms with Crippen molar-refractivity contribution in [3.63, 3.8) is 0 Å². The van der Waals surface area contributed by atoms with Crippen LogP contribution in [0.5, 0.6) is 5.19 Å². The summed E-state index contributed by atoms with van der Waals surface area (Å²) in [7, 11) is 0. The Kier molecular flexibility index (Phi) is 4.75. The number of urea groups is 1. The maximum atomic E-state index is 12.4. The van der Waals surface area contributed by atoms with E-state index in [9.17, 15) is 4.79 Å². The Labute approximate surface area is 156 Å². The number of carbonyl (C=O) groups excluding carboxylic acids is 1. The summed E-state index contributed by atoms with van der Waals surface area (Å²) in [4.78, 5) is 18.8. The predicted molar refractivity (Wildman–Crippen MR) is 105 cm³/mol. The van der Waals surface area contributed by atoms with Crippen molar-refractivity contribution < 1.29 is 9.53 Å². The van der Waals surface area contributed by atoms with Gasteiger partial charge in [0.2, 0.25) is 0 Å². The van der Waals surface area contributed by atoms with Crippen LogP contribution in [0.15, 0.2) is 48.5 Å². The maximum absolute atomic E-state index is 12.4. The summed E-state index contributed by atoms with van der Waals surface area (Å²) in [6.45, 7) is 3.41. The standard InChI is InChI=1S/C20H21N3O2S/c1-14-6-8-15(9-7-14)21-19(24)23-12-10-16(11-13-23)25-20-22-17-4-2-3-5-18(17)26-20/h2-9,16H,10-13H2,1H3,(H,21,24). The molecule has 4 rings (SSSR count). The molecule has 0 bridgehead atoms. The molecular weight excluding hydrogens is 346 g/mol. The first kappa shape index (κ1) is 16.8. The van der Waals surface area contributed by atoms with Crippen LogP contribution in [0.2, 0.25) is 0 Å². The zero-order valence-electron chi connectivity index (χ0n) is 14.6. The van der Waals surface area contributed by atoms with Gasteiger partial charge in [-0.25, -0.2) is 9.78 Å². The third kappa shape index (κ3) is 3.80. The highest BCUT2D eigenvalue weighted by molar-refractivity contribution is 7.20. The van der Waals surface area contributed by atoms with E-state index >= 15 is 0 Å². The van der Waals surface area contributed by atoms with Crippen molar-refractivity contribution in [1.29, 1.82) is 0 Å². The lowest BCUT2D eigenvalue weighted by molar-refractivity contribution is 0.115. The molecule has 2 heterocycles. The number of rotatable bonds is 3. The van der Waals surface area contributed by atoms with Gasteiger partial charge in [0.25, 0.3) is 5.19 Å². The molecule has 1 aliphatic heterocycles. The third-order valence-electron chi connectivity index (χ3n) is 4.57. The molecule has 3 aromatic rings. The number of likely N-dealkylation sites (tertiary alicyclic amines) is 1. The van der Waals surface area contributed by atoms with Gasteiger partial charge in [-0.3, -0.25) is 0 Å². The first-order valence-electron chi connectivity index (χ1n) is 8.82. The molecule has 1 aromatic heterocycles. The summed E-state index contributed by atoms with van der Waals surface area (Å²) in [5.74, 6) is 0. The van der Waals surface area contributed by atoms with Gasteiger partial charge in [0, 0.05) is 31.6 Å². The number of aryl methyl sites for hydroxylation is 1. The van der Waals surface area contributed by atoms with Gasteiger partial charge in [0.05, 0.1) is 10.2 Å². The van der Waals surface area contributed by atoms with Gasteiger partial charge in [0.1, 0.15) is 6.10 Å². The van der Waals surface area contributed by atoms with Crippen molar-refractivity contribution in [3.05, 3.63) is 54.1 Å². The number of carbonyl (C=O) groups is 1. The first-order valence-corrected chi connectivity index (χ1v) is 9.64. The number of anilines is 1. The molecule has 134 valence electrons. The van der Waals surface area contributed by atoms with E-state index < -0.39 is 0 Å². The van der Waals surface area contributed by atoms with E-state index in [1.54, 1.807) is 11.3 Å². The van der Waals surface area contributed by atoms with E-state index in [2.05, 4.69) is 16.4 Å². The summed E-state index contributed by atoms with van der Waals surface area (Å²) >= 11 is 1.57. The van der Waals surface area contributed by atoms with Crippen LogP contribution in [-0.4, -0.2) is 35.1 Å². The number of thiazole rings is 1. The summed E-state index contributed by atoms with van der Waals surface area (Å²) < 4.78 is 7.19. The summed E-state index contributed by atoms with van der Waals surface area (Å²) in [5.41, 5.74) is 2.98. The van der Waals surface area contributed by atoms with Crippen LogP contribution in [-0.2, 0) is 0 Å².